The molecule has 1 aromatic heterocycles. The summed E-state index contributed by atoms with van der Waals surface area (Å²) in [6.45, 7) is -0.132. The zero-order valence-electron chi connectivity index (χ0n) is 8.96. The predicted octanol–water partition coefficient (Wildman–Crippen LogP) is 3.54. The molecule has 0 saturated carbocycles. The molecule has 0 amide bonds. The number of rotatable bonds is 2. The molecular weight excluding hydrogens is 419 g/mol. The number of halogens is 4. The molecule has 18 heavy (non-hydrogen) atoms. The van der Waals surface area contributed by atoms with Crippen LogP contribution in [0.5, 0.6) is 0 Å². The van der Waals surface area contributed by atoms with E-state index in [2.05, 4.69) is 15.9 Å². The van der Waals surface area contributed by atoms with E-state index in [0.717, 1.165) is 3.57 Å². The van der Waals surface area contributed by atoms with Crippen LogP contribution in [0, 0.1) is 15.2 Å². The van der Waals surface area contributed by atoms with Crippen LogP contribution < -0.4 is 5.56 Å². The fourth-order valence-corrected chi connectivity index (χ4v) is 2.40. The molecule has 1 aromatic carbocycles. The van der Waals surface area contributed by atoms with Gasteiger partial charge in [-0.3, -0.25) is 4.79 Å². The van der Waals surface area contributed by atoms with Gasteiger partial charge >= 0.3 is 0 Å². The van der Waals surface area contributed by atoms with Crippen molar-refractivity contribution in [2.75, 3.05) is 0 Å². The highest BCUT2D eigenvalue weighted by Crippen LogP contribution is 2.22. The fourth-order valence-electron chi connectivity index (χ4n) is 1.51. The van der Waals surface area contributed by atoms with E-state index >= 15 is 0 Å². The maximum absolute atomic E-state index is 13.8. The van der Waals surface area contributed by atoms with Crippen LogP contribution in [0.1, 0.15) is 5.56 Å². The minimum Gasteiger partial charge on any atom is -0.310 e. The lowest BCUT2D eigenvalue weighted by molar-refractivity contribution is 0.537. The molecule has 2 aromatic rings. The largest absolute Gasteiger partial charge is 0.310 e. The van der Waals surface area contributed by atoms with Gasteiger partial charge in [0.05, 0.1) is 11.0 Å². The van der Waals surface area contributed by atoms with Gasteiger partial charge in [0.25, 0.3) is 5.56 Å². The molecule has 0 bridgehead atoms. The smallest absolute Gasteiger partial charge is 0.250 e. The number of pyridine rings is 1. The Labute approximate surface area is 124 Å². The molecule has 0 saturated heterocycles. The Morgan fingerprint density at radius 2 is 1.94 bits per heavy atom. The average molecular weight is 426 g/mol. The molecule has 0 radical (unpaired) electrons. The fraction of sp³-hybridized carbons (Fsp3) is 0.0833. The molecule has 2 rings (SSSR count). The van der Waals surface area contributed by atoms with Crippen molar-refractivity contribution >= 4 is 38.5 Å². The molecule has 6 heteroatoms. The van der Waals surface area contributed by atoms with Crippen molar-refractivity contribution in [3.63, 3.8) is 0 Å². The van der Waals surface area contributed by atoms with Crippen LogP contribution in [0.25, 0.3) is 0 Å². The summed E-state index contributed by atoms with van der Waals surface area (Å²) >= 11 is 5.03. The summed E-state index contributed by atoms with van der Waals surface area (Å²) < 4.78 is 29.6. The number of hydrogen-bond acceptors (Lipinski definition) is 1. The summed E-state index contributed by atoms with van der Waals surface area (Å²) in [5, 5.41) is 0. The van der Waals surface area contributed by atoms with E-state index in [1.54, 1.807) is 12.3 Å². The highest BCUT2D eigenvalue weighted by molar-refractivity contribution is 14.1. The van der Waals surface area contributed by atoms with E-state index in [9.17, 15) is 13.6 Å². The van der Waals surface area contributed by atoms with Crippen LogP contribution >= 0.6 is 38.5 Å². The highest BCUT2D eigenvalue weighted by Gasteiger charge is 2.13. The first-order valence-electron chi connectivity index (χ1n) is 4.97. The summed E-state index contributed by atoms with van der Waals surface area (Å²) in [7, 11) is 0. The summed E-state index contributed by atoms with van der Waals surface area (Å²) in [4.78, 5) is 11.6. The van der Waals surface area contributed by atoms with Gasteiger partial charge in [0.1, 0.15) is 11.6 Å². The van der Waals surface area contributed by atoms with E-state index in [0.29, 0.717) is 0 Å². The van der Waals surface area contributed by atoms with Crippen molar-refractivity contribution in [3.8, 4) is 0 Å². The second-order valence-electron chi connectivity index (χ2n) is 3.64. The third-order valence-corrected chi connectivity index (χ3v) is 3.67. The van der Waals surface area contributed by atoms with Gasteiger partial charge in [0, 0.05) is 21.4 Å². The lowest BCUT2D eigenvalue weighted by Crippen LogP contribution is -2.20. The van der Waals surface area contributed by atoms with Gasteiger partial charge in [-0.25, -0.2) is 8.78 Å². The SMILES string of the molecule is O=c1ccc(I)cn1Cc1c(F)ccc(Br)c1F. The average Bonchev–Trinajstić information content (AvgIpc) is 2.34. The lowest BCUT2D eigenvalue weighted by atomic mass is 10.2. The van der Waals surface area contributed by atoms with Gasteiger partial charge in [-0.05, 0) is 56.7 Å². The van der Waals surface area contributed by atoms with Crippen molar-refractivity contribution in [3.05, 3.63) is 66.1 Å². The summed E-state index contributed by atoms with van der Waals surface area (Å²) in [6.07, 6.45) is 1.56. The monoisotopic (exact) mass is 425 g/mol. The molecule has 94 valence electrons. The van der Waals surface area contributed by atoms with Crippen molar-refractivity contribution in [1.82, 2.24) is 4.57 Å². The van der Waals surface area contributed by atoms with Crippen LogP contribution in [0.4, 0.5) is 8.78 Å². The maximum atomic E-state index is 13.8. The molecule has 0 aliphatic carbocycles. The third-order valence-electron chi connectivity index (χ3n) is 2.41. The van der Waals surface area contributed by atoms with Crippen molar-refractivity contribution < 1.29 is 8.78 Å². The first-order chi connectivity index (χ1) is 8.49. The quantitative estimate of drug-likeness (QED) is 0.532. The molecule has 0 N–H and O–H groups in total. The molecule has 0 atom stereocenters. The Morgan fingerprint density at radius 1 is 1.22 bits per heavy atom. The minimum atomic E-state index is -0.680. The number of nitrogens with zero attached hydrogens (tertiary/aromatic N) is 1. The van der Waals surface area contributed by atoms with Crippen LogP contribution in [0.15, 0.2) is 39.7 Å². The molecule has 1 heterocycles. The number of benzene rings is 1. The Kier molecular flexibility index (Phi) is 4.16. The van der Waals surface area contributed by atoms with Gasteiger partial charge in [-0.15, -0.1) is 0 Å². The molecule has 2 nitrogen and oxygen atoms in total. The van der Waals surface area contributed by atoms with Crippen molar-refractivity contribution in [2.45, 2.75) is 6.54 Å². The third kappa shape index (κ3) is 2.80. The molecule has 0 spiro atoms. The molecule has 0 aliphatic rings. The van der Waals surface area contributed by atoms with Gasteiger partial charge < -0.3 is 4.57 Å². The first-order valence-corrected chi connectivity index (χ1v) is 6.84. The van der Waals surface area contributed by atoms with E-state index in [1.807, 2.05) is 22.6 Å². The van der Waals surface area contributed by atoms with E-state index < -0.39 is 11.6 Å². The predicted molar refractivity (Wildman–Crippen MR) is 76.6 cm³/mol. The van der Waals surface area contributed by atoms with Gasteiger partial charge in [-0.2, -0.15) is 0 Å². The number of hydrogen-bond donors (Lipinski definition) is 0. The van der Waals surface area contributed by atoms with Crippen LogP contribution in [-0.4, -0.2) is 4.57 Å². The van der Waals surface area contributed by atoms with Crippen LogP contribution in [-0.2, 0) is 6.54 Å². The van der Waals surface area contributed by atoms with Crippen molar-refractivity contribution in [1.29, 1.82) is 0 Å². The van der Waals surface area contributed by atoms with Gasteiger partial charge in [-0.1, -0.05) is 0 Å². The minimum absolute atomic E-state index is 0.131. The molecule has 0 fully saturated rings. The zero-order valence-corrected chi connectivity index (χ0v) is 12.7. The standard InChI is InChI=1S/C12H7BrF2INO/c13-9-2-3-10(14)8(12(9)15)6-17-5-7(16)1-4-11(17)18/h1-5H,6H2. The van der Waals surface area contributed by atoms with Gasteiger partial charge in [0.15, 0.2) is 0 Å². The Balaban J connectivity index is 2.49. The normalized spacial score (nSPS) is 10.7. The Hall–Kier alpha value is -0.760. The summed E-state index contributed by atoms with van der Waals surface area (Å²) in [5.41, 5.74) is -0.428. The zero-order chi connectivity index (χ0) is 13.3. The van der Waals surface area contributed by atoms with Crippen LogP contribution in [0.3, 0.4) is 0 Å². The topological polar surface area (TPSA) is 22.0 Å². The first kappa shape index (κ1) is 13.7. The molecule has 0 aliphatic heterocycles. The second-order valence-corrected chi connectivity index (χ2v) is 5.74. The van der Waals surface area contributed by atoms with Crippen molar-refractivity contribution in [2.24, 2.45) is 0 Å². The molecular formula is C12H7BrF2INO. The van der Waals surface area contributed by atoms with E-state index in [1.165, 1.54) is 22.8 Å². The lowest BCUT2D eigenvalue weighted by Gasteiger charge is -2.09. The number of aromatic nitrogens is 1. The molecule has 0 unspecified atom stereocenters. The van der Waals surface area contributed by atoms with E-state index in [4.69, 9.17) is 0 Å². The summed E-state index contributed by atoms with van der Waals surface area (Å²) in [5.74, 6) is -1.35. The maximum Gasteiger partial charge on any atom is 0.250 e. The van der Waals surface area contributed by atoms with Gasteiger partial charge in [0.2, 0.25) is 0 Å². The second kappa shape index (κ2) is 5.48. The highest BCUT2D eigenvalue weighted by atomic mass is 127. The van der Waals surface area contributed by atoms with E-state index in [-0.39, 0.29) is 22.1 Å². The summed E-state index contributed by atoms with van der Waals surface area (Å²) in [6, 6.07) is 5.48. The Bertz CT molecular complexity index is 657. The Morgan fingerprint density at radius 3 is 2.67 bits per heavy atom. The van der Waals surface area contributed by atoms with Crippen LogP contribution in [0.2, 0.25) is 0 Å².